The van der Waals surface area contributed by atoms with Crippen LogP contribution in [0.25, 0.3) is 22.3 Å². The minimum atomic E-state index is 0.0340. The van der Waals surface area contributed by atoms with Gasteiger partial charge in [0.05, 0.1) is 30.4 Å². The predicted octanol–water partition coefficient (Wildman–Crippen LogP) is 3.87. The van der Waals surface area contributed by atoms with Crippen molar-refractivity contribution in [3.05, 3.63) is 71.2 Å². The highest BCUT2D eigenvalue weighted by Gasteiger charge is 2.25. The minimum Gasteiger partial charge on any atom is -0.497 e. The predicted molar refractivity (Wildman–Crippen MR) is 129 cm³/mol. The molecule has 0 aliphatic carbocycles. The summed E-state index contributed by atoms with van der Waals surface area (Å²) in [4.78, 5) is 26.5. The fraction of sp³-hybridized carbons (Fsp3) is 0.308. The highest BCUT2D eigenvalue weighted by molar-refractivity contribution is 5.98. The molecule has 8 heteroatoms. The van der Waals surface area contributed by atoms with Crippen LogP contribution in [0.5, 0.6) is 5.75 Å². The Hall–Kier alpha value is -3.78. The summed E-state index contributed by atoms with van der Waals surface area (Å²) in [6.45, 7) is 7.27. The number of rotatable bonds is 5. The van der Waals surface area contributed by atoms with Gasteiger partial charge in [0.15, 0.2) is 0 Å². The third-order valence-electron chi connectivity index (χ3n) is 6.23. The molecule has 4 aromatic rings. The van der Waals surface area contributed by atoms with Crippen LogP contribution in [0.2, 0.25) is 0 Å². The van der Waals surface area contributed by atoms with Gasteiger partial charge in [-0.2, -0.15) is 4.98 Å². The molecule has 0 atom stereocenters. The summed E-state index contributed by atoms with van der Waals surface area (Å²) in [6.07, 6.45) is 0. The fourth-order valence-electron chi connectivity index (χ4n) is 4.24. The molecule has 1 saturated heterocycles. The Morgan fingerprint density at radius 2 is 1.76 bits per heavy atom. The van der Waals surface area contributed by atoms with Gasteiger partial charge in [-0.3, -0.25) is 14.7 Å². The number of hydrogen-bond acceptors (Lipinski definition) is 7. The molecule has 3 heterocycles. The zero-order valence-electron chi connectivity index (χ0n) is 19.6. The molecule has 2 aromatic carbocycles. The maximum atomic E-state index is 13.2. The van der Waals surface area contributed by atoms with Crippen molar-refractivity contribution in [3.63, 3.8) is 0 Å². The molecule has 1 fully saturated rings. The molecule has 1 aliphatic rings. The van der Waals surface area contributed by atoms with Crippen molar-refractivity contribution in [1.82, 2.24) is 24.9 Å². The van der Waals surface area contributed by atoms with Crippen molar-refractivity contribution in [2.75, 3.05) is 33.3 Å². The van der Waals surface area contributed by atoms with Crippen molar-refractivity contribution < 1.29 is 14.1 Å². The number of methoxy groups -OCH3 is 1. The lowest BCUT2D eigenvalue weighted by Crippen LogP contribution is -2.48. The molecule has 1 aliphatic heterocycles. The van der Waals surface area contributed by atoms with E-state index in [0.29, 0.717) is 36.9 Å². The molecular formula is C26H27N5O3. The van der Waals surface area contributed by atoms with Crippen LogP contribution in [0.1, 0.15) is 27.5 Å². The minimum absolute atomic E-state index is 0.0340. The molecule has 1 amide bonds. The lowest BCUT2D eigenvalue weighted by Gasteiger charge is -2.34. The molecule has 0 radical (unpaired) electrons. The van der Waals surface area contributed by atoms with Gasteiger partial charge in [0.25, 0.3) is 5.91 Å². The number of piperazine rings is 1. The monoisotopic (exact) mass is 457 g/mol. The van der Waals surface area contributed by atoms with Crippen LogP contribution in [0.4, 0.5) is 0 Å². The third kappa shape index (κ3) is 4.49. The number of carbonyl (C=O) groups excluding carboxylic acids is 1. The normalized spacial score (nSPS) is 14.5. The van der Waals surface area contributed by atoms with Crippen molar-refractivity contribution in [1.29, 1.82) is 0 Å². The average Bonchev–Trinajstić information content (AvgIpc) is 3.32. The van der Waals surface area contributed by atoms with Gasteiger partial charge in [-0.05, 0) is 55.8 Å². The maximum Gasteiger partial charge on any atom is 0.255 e. The van der Waals surface area contributed by atoms with Crippen LogP contribution < -0.4 is 4.74 Å². The lowest BCUT2D eigenvalue weighted by atomic mass is 10.1. The molecule has 0 N–H and O–H groups in total. The van der Waals surface area contributed by atoms with Crippen LogP contribution in [0, 0.1) is 13.8 Å². The summed E-state index contributed by atoms with van der Waals surface area (Å²) in [5, 5.41) is 5.09. The Bertz CT molecular complexity index is 1320. The Morgan fingerprint density at radius 1 is 1.00 bits per heavy atom. The van der Waals surface area contributed by atoms with Gasteiger partial charge in [0, 0.05) is 37.1 Å². The van der Waals surface area contributed by atoms with E-state index < -0.39 is 0 Å². The van der Waals surface area contributed by atoms with Crippen molar-refractivity contribution in [2.45, 2.75) is 20.4 Å². The molecular weight excluding hydrogens is 430 g/mol. The Kier molecular flexibility index (Phi) is 5.98. The first-order chi connectivity index (χ1) is 16.5. The number of carbonyl (C=O) groups is 1. The zero-order chi connectivity index (χ0) is 23.7. The summed E-state index contributed by atoms with van der Waals surface area (Å²) in [5.41, 5.74) is 4.40. The molecule has 8 nitrogen and oxygen atoms in total. The largest absolute Gasteiger partial charge is 0.497 e. The van der Waals surface area contributed by atoms with Gasteiger partial charge in [0.1, 0.15) is 5.75 Å². The van der Waals surface area contributed by atoms with Crippen LogP contribution >= 0.6 is 0 Å². The molecule has 34 heavy (non-hydrogen) atoms. The van der Waals surface area contributed by atoms with Crippen molar-refractivity contribution in [3.8, 4) is 17.1 Å². The number of pyridine rings is 1. The van der Waals surface area contributed by atoms with Crippen LogP contribution in [0.3, 0.4) is 0 Å². The van der Waals surface area contributed by atoms with E-state index >= 15 is 0 Å². The molecule has 0 bridgehead atoms. The van der Waals surface area contributed by atoms with E-state index in [1.165, 1.54) is 0 Å². The van der Waals surface area contributed by atoms with Crippen molar-refractivity contribution in [2.24, 2.45) is 0 Å². The van der Waals surface area contributed by atoms with E-state index in [2.05, 4.69) is 20.0 Å². The summed E-state index contributed by atoms with van der Waals surface area (Å²) >= 11 is 0. The number of aromatic nitrogens is 3. The van der Waals surface area contributed by atoms with Crippen LogP contribution in [-0.4, -0.2) is 64.1 Å². The zero-order valence-corrected chi connectivity index (χ0v) is 19.6. The second-order valence-electron chi connectivity index (χ2n) is 8.63. The number of nitrogens with zero attached hydrogens (tertiary/aromatic N) is 5. The number of amides is 1. The van der Waals surface area contributed by atoms with Gasteiger partial charge in [-0.15, -0.1) is 0 Å². The second kappa shape index (κ2) is 9.23. The standard InChI is InChI=1S/C26H27N5O3/c1-17-4-5-20-15-22(18(2)27-23(20)14-17)26(32)31-12-10-30(11-13-31)16-24-28-25(29-34-24)19-6-8-21(33-3)9-7-19/h4-9,14-15H,10-13,16H2,1-3H3. The van der Waals surface area contributed by atoms with Crippen LogP contribution in [0.15, 0.2) is 53.1 Å². The lowest BCUT2D eigenvalue weighted by molar-refractivity contribution is 0.0614. The van der Waals surface area contributed by atoms with E-state index in [-0.39, 0.29) is 5.91 Å². The van der Waals surface area contributed by atoms with Gasteiger partial charge in [-0.25, -0.2) is 0 Å². The van der Waals surface area contributed by atoms with Crippen LogP contribution in [-0.2, 0) is 6.54 Å². The molecule has 2 aromatic heterocycles. The number of benzene rings is 2. The van der Waals surface area contributed by atoms with Gasteiger partial charge < -0.3 is 14.2 Å². The molecule has 0 spiro atoms. The Morgan fingerprint density at radius 3 is 2.50 bits per heavy atom. The first kappa shape index (κ1) is 22.0. The summed E-state index contributed by atoms with van der Waals surface area (Å²) in [6, 6.07) is 15.6. The molecule has 174 valence electrons. The molecule has 0 saturated carbocycles. The van der Waals surface area contributed by atoms with E-state index in [4.69, 9.17) is 9.26 Å². The van der Waals surface area contributed by atoms with Crippen molar-refractivity contribution >= 4 is 16.8 Å². The van der Waals surface area contributed by atoms with E-state index in [9.17, 15) is 4.79 Å². The topological polar surface area (TPSA) is 84.6 Å². The molecule has 5 rings (SSSR count). The summed E-state index contributed by atoms with van der Waals surface area (Å²) in [7, 11) is 1.63. The summed E-state index contributed by atoms with van der Waals surface area (Å²) in [5.74, 6) is 1.94. The third-order valence-corrected chi connectivity index (χ3v) is 6.23. The number of aryl methyl sites for hydroxylation is 2. The van der Waals surface area contributed by atoms with E-state index in [1.54, 1.807) is 7.11 Å². The Labute approximate surface area is 198 Å². The fourth-order valence-corrected chi connectivity index (χ4v) is 4.24. The second-order valence-corrected chi connectivity index (χ2v) is 8.63. The Balaban J connectivity index is 1.21. The first-order valence-electron chi connectivity index (χ1n) is 11.4. The smallest absolute Gasteiger partial charge is 0.255 e. The van der Waals surface area contributed by atoms with Gasteiger partial charge in [0.2, 0.25) is 11.7 Å². The van der Waals surface area contributed by atoms with Gasteiger partial charge in [-0.1, -0.05) is 17.3 Å². The van der Waals surface area contributed by atoms with E-state index in [1.807, 2.05) is 67.3 Å². The number of hydrogen-bond donors (Lipinski definition) is 0. The quantitative estimate of drug-likeness (QED) is 0.450. The first-order valence-corrected chi connectivity index (χ1v) is 11.4. The SMILES string of the molecule is COc1ccc(-c2noc(CN3CCN(C(=O)c4cc5ccc(C)cc5nc4C)CC3)n2)cc1. The maximum absolute atomic E-state index is 13.2. The highest BCUT2D eigenvalue weighted by atomic mass is 16.5. The molecule has 0 unspecified atom stereocenters. The average molecular weight is 458 g/mol. The number of ether oxygens (including phenoxy) is 1. The number of fused-ring (bicyclic) bond motifs is 1. The highest BCUT2D eigenvalue weighted by Crippen LogP contribution is 2.22. The summed E-state index contributed by atoms with van der Waals surface area (Å²) < 4.78 is 10.7. The van der Waals surface area contributed by atoms with E-state index in [0.717, 1.165) is 46.6 Å². The van der Waals surface area contributed by atoms with Gasteiger partial charge >= 0.3 is 0 Å².